The topological polar surface area (TPSA) is 20.3 Å². The lowest BCUT2D eigenvalue weighted by atomic mass is 9.68. The number of benzene rings is 1. The highest BCUT2D eigenvalue weighted by atomic mass is 79.9. The molecular formula is C17H21BrFNO. The van der Waals surface area contributed by atoms with Crippen molar-refractivity contribution in [1.29, 1.82) is 0 Å². The summed E-state index contributed by atoms with van der Waals surface area (Å²) in [6.07, 6.45) is 8.97. The highest BCUT2D eigenvalue weighted by Crippen LogP contribution is 2.44. The van der Waals surface area contributed by atoms with E-state index in [1.165, 1.54) is 38.2 Å². The average Bonchev–Trinajstić information content (AvgIpc) is 2.51. The van der Waals surface area contributed by atoms with E-state index in [0.717, 1.165) is 25.9 Å². The van der Waals surface area contributed by atoms with Crippen LogP contribution in [0.3, 0.4) is 0 Å². The molecule has 1 spiro atoms. The van der Waals surface area contributed by atoms with E-state index >= 15 is 0 Å². The van der Waals surface area contributed by atoms with Gasteiger partial charge in [0.1, 0.15) is 5.82 Å². The zero-order valence-corrected chi connectivity index (χ0v) is 13.8. The van der Waals surface area contributed by atoms with Crippen LogP contribution in [0.4, 0.5) is 4.39 Å². The number of carbonyl (C=O) groups is 1. The van der Waals surface area contributed by atoms with Crippen molar-refractivity contribution in [2.24, 2.45) is 5.41 Å². The van der Waals surface area contributed by atoms with Crippen LogP contribution in [0.2, 0.25) is 0 Å². The minimum Gasteiger partial charge on any atom is -0.339 e. The van der Waals surface area contributed by atoms with E-state index in [1.807, 2.05) is 4.90 Å². The second kappa shape index (κ2) is 6.07. The van der Waals surface area contributed by atoms with Crippen molar-refractivity contribution in [3.8, 4) is 0 Å². The van der Waals surface area contributed by atoms with Gasteiger partial charge in [0.05, 0.1) is 4.47 Å². The Hall–Kier alpha value is -0.900. The van der Waals surface area contributed by atoms with Crippen molar-refractivity contribution in [1.82, 2.24) is 4.90 Å². The molecule has 1 heterocycles. The molecule has 0 bridgehead atoms. The molecule has 4 heteroatoms. The summed E-state index contributed by atoms with van der Waals surface area (Å²) >= 11 is 3.15. The predicted octanol–water partition coefficient (Wildman–Crippen LogP) is 4.77. The van der Waals surface area contributed by atoms with Gasteiger partial charge in [0, 0.05) is 18.7 Å². The van der Waals surface area contributed by atoms with Crippen molar-refractivity contribution in [2.45, 2.75) is 44.9 Å². The van der Waals surface area contributed by atoms with Gasteiger partial charge in [0.2, 0.25) is 0 Å². The second-order valence-corrected chi connectivity index (χ2v) is 7.34. The molecule has 0 aromatic heterocycles. The predicted molar refractivity (Wildman–Crippen MR) is 84.8 cm³/mol. The molecule has 1 aromatic rings. The molecule has 0 unspecified atom stereocenters. The number of likely N-dealkylation sites (tertiary alicyclic amines) is 1. The molecule has 1 saturated heterocycles. The normalized spacial score (nSPS) is 21.5. The van der Waals surface area contributed by atoms with Gasteiger partial charge >= 0.3 is 0 Å². The third kappa shape index (κ3) is 3.15. The molecule has 0 atom stereocenters. The van der Waals surface area contributed by atoms with Crippen LogP contribution >= 0.6 is 15.9 Å². The SMILES string of the molecule is O=C(c1ccc(F)c(Br)c1)N1CCC2(CCCCC2)CC1. The molecule has 1 amide bonds. The van der Waals surface area contributed by atoms with Crippen LogP contribution in [0, 0.1) is 11.2 Å². The number of nitrogens with zero attached hydrogens (tertiary/aromatic N) is 1. The lowest BCUT2D eigenvalue weighted by molar-refractivity contribution is 0.0472. The van der Waals surface area contributed by atoms with Crippen molar-refractivity contribution in [2.75, 3.05) is 13.1 Å². The first-order valence-electron chi connectivity index (χ1n) is 7.84. The lowest BCUT2D eigenvalue weighted by Gasteiger charge is -2.44. The molecule has 1 aromatic carbocycles. The number of hydrogen-bond acceptors (Lipinski definition) is 1. The highest BCUT2D eigenvalue weighted by Gasteiger charge is 2.36. The Morgan fingerprint density at radius 1 is 1.10 bits per heavy atom. The van der Waals surface area contributed by atoms with Crippen molar-refractivity contribution in [3.05, 3.63) is 34.1 Å². The van der Waals surface area contributed by atoms with Gasteiger partial charge in [-0.25, -0.2) is 4.39 Å². The molecule has 1 aliphatic heterocycles. The van der Waals surface area contributed by atoms with Crippen LogP contribution in [-0.2, 0) is 0 Å². The summed E-state index contributed by atoms with van der Waals surface area (Å²) < 4.78 is 13.6. The van der Waals surface area contributed by atoms with E-state index in [0.29, 0.717) is 15.5 Å². The monoisotopic (exact) mass is 353 g/mol. The van der Waals surface area contributed by atoms with Crippen LogP contribution in [0.5, 0.6) is 0 Å². The van der Waals surface area contributed by atoms with E-state index in [-0.39, 0.29) is 11.7 Å². The zero-order chi connectivity index (χ0) is 14.9. The molecule has 0 radical (unpaired) electrons. The van der Waals surface area contributed by atoms with Gasteiger partial charge < -0.3 is 4.90 Å². The molecule has 2 fully saturated rings. The molecule has 1 aliphatic carbocycles. The maximum Gasteiger partial charge on any atom is 0.253 e. The Balaban J connectivity index is 1.65. The number of halogens is 2. The van der Waals surface area contributed by atoms with Gasteiger partial charge in [-0.1, -0.05) is 19.3 Å². The first-order chi connectivity index (χ1) is 10.1. The van der Waals surface area contributed by atoms with Gasteiger partial charge in [-0.15, -0.1) is 0 Å². The van der Waals surface area contributed by atoms with E-state index in [4.69, 9.17) is 0 Å². The van der Waals surface area contributed by atoms with E-state index in [2.05, 4.69) is 15.9 Å². The smallest absolute Gasteiger partial charge is 0.253 e. The van der Waals surface area contributed by atoms with Crippen molar-refractivity contribution in [3.63, 3.8) is 0 Å². The van der Waals surface area contributed by atoms with Crippen LogP contribution in [-0.4, -0.2) is 23.9 Å². The molecule has 3 rings (SSSR count). The molecule has 0 N–H and O–H groups in total. The van der Waals surface area contributed by atoms with Crippen LogP contribution < -0.4 is 0 Å². The van der Waals surface area contributed by atoms with E-state index < -0.39 is 0 Å². The summed E-state index contributed by atoms with van der Waals surface area (Å²) in [5.74, 6) is -0.298. The Bertz CT molecular complexity index is 530. The molecule has 114 valence electrons. The maximum absolute atomic E-state index is 13.3. The third-order valence-corrected chi connectivity index (χ3v) is 5.80. The second-order valence-electron chi connectivity index (χ2n) is 6.48. The van der Waals surface area contributed by atoms with Crippen LogP contribution in [0.1, 0.15) is 55.3 Å². The van der Waals surface area contributed by atoms with Crippen LogP contribution in [0.25, 0.3) is 0 Å². The van der Waals surface area contributed by atoms with Crippen molar-refractivity contribution < 1.29 is 9.18 Å². The Morgan fingerprint density at radius 3 is 2.38 bits per heavy atom. The summed E-state index contributed by atoms with van der Waals surface area (Å²) in [5, 5.41) is 0. The number of hydrogen-bond donors (Lipinski definition) is 0. The summed E-state index contributed by atoms with van der Waals surface area (Å²) in [6.45, 7) is 1.68. The molecular weight excluding hydrogens is 333 g/mol. The minimum atomic E-state index is -0.327. The summed E-state index contributed by atoms with van der Waals surface area (Å²) in [5.41, 5.74) is 1.07. The zero-order valence-electron chi connectivity index (χ0n) is 12.2. The summed E-state index contributed by atoms with van der Waals surface area (Å²) in [4.78, 5) is 14.4. The molecule has 2 nitrogen and oxygen atoms in total. The first-order valence-corrected chi connectivity index (χ1v) is 8.63. The average molecular weight is 354 g/mol. The van der Waals surface area contributed by atoms with E-state index in [9.17, 15) is 9.18 Å². The highest BCUT2D eigenvalue weighted by molar-refractivity contribution is 9.10. The fraction of sp³-hybridized carbons (Fsp3) is 0.588. The Kier molecular flexibility index (Phi) is 4.34. The number of amides is 1. The van der Waals surface area contributed by atoms with Gasteiger partial charge in [-0.3, -0.25) is 4.79 Å². The Labute approximate surface area is 133 Å². The number of rotatable bonds is 1. The van der Waals surface area contributed by atoms with Gasteiger partial charge in [0.15, 0.2) is 0 Å². The molecule has 1 saturated carbocycles. The van der Waals surface area contributed by atoms with Crippen molar-refractivity contribution >= 4 is 21.8 Å². The fourth-order valence-electron chi connectivity index (χ4n) is 3.80. The number of carbonyl (C=O) groups excluding carboxylic acids is 1. The fourth-order valence-corrected chi connectivity index (χ4v) is 4.18. The van der Waals surface area contributed by atoms with Gasteiger partial charge in [-0.2, -0.15) is 0 Å². The Morgan fingerprint density at radius 2 is 1.76 bits per heavy atom. The summed E-state index contributed by atoms with van der Waals surface area (Å²) in [6, 6.07) is 4.51. The van der Waals surface area contributed by atoms with Crippen LogP contribution in [0.15, 0.2) is 22.7 Å². The minimum absolute atomic E-state index is 0.0290. The summed E-state index contributed by atoms with van der Waals surface area (Å²) in [7, 11) is 0. The first kappa shape index (κ1) is 15.0. The molecule has 2 aliphatic rings. The third-order valence-electron chi connectivity index (χ3n) is 5.19. The standard InChI is InChI=1S/C17H21BrFNO/c18-14-12-13(4-5-15(14)19)16(21)20-10-8-17(9-11-20)6-2-1-3-7-17/h4-5,12H,1-3,6-11H2. The van der Waals surface area contributed by atoms with E-state index in [1.54, 1.807) is 12.1 Å². The molecule has 21 heavy (non-hydrogen) atoms. The maximum atomic E-state index is 13.3. The quantitative estimate of drug-likeness (QED) is 0.711. The number of piperidine rings is 1. The lowest BCUT2D eigenvalue weighted by Crippen LogP contribution is -2.43. The van der Waals surface area contributed by atoms with Gasteiger partial charge in [-0.05, 0) is 65.2 Å². The largest absolute Gasteiger partial charge is 0.339 e. The van der Waals surface area contributed by atoms with Gasteiger partial charge in [0.25, 0.3) is 5.91 Å².